The topological polar surface area (TPSA) is 34.4 Å². The van der Waals surface area contributed by atoms with Crippen molar-refractivity contribution in [3.8, 4) is 5.69 Å². The molecular formula is C17H21NO2. The maximum absolute atomic E-state index is 10.2. The van der Waals surface area contributed by atoms with Crippen LogP contribution < -0.4 is 0 Å². The van der Waals surface area contributed by atoms with Crippen LogP contribution in [0.4, 0.5) is 0 Å². The molecule has 1 aliphatic rings. The quantitative estimate of drug-likeness (QED) is 0.929. The highest BCUT2D eigenvalue weighted by Crippen LogP contribution is 2.34. The number of hydrogen-bond donors (Lipinski definition) is 1. The molecule has 0 amide bonds. The van der Waals surface area contributed by atoms with Gasteiger partial charge in [-0.05, 0) is 49.9 Å². The van der Waals surface area contributed by atoms with E-state index in [2.05, 4.69) is 41.8 Å². The van der Waals surface area contributed by atoms with E-state index in [0.717, 1.165) is 30.5 Å². The third-order valence-electron chi connectivity index (χ3n) is 4.05. The second-order valence-corrected chi connectivity index (χ2v) is 5.53. The van der Waals surface area contributed by atoms with Gasteiger partial charge < -0.3 is 14.4 Å². The van der Waals surface area contributed by atoms with Gasteiger partial charge in [0.2, 0.25) is 0 Å². The molecule has 0 fully saturated rings. The summed E-state index contributed by atoms with van der Waals surface area (Å²) in [5.74, 6) is 0. The predicted molar refractivity (Wildman–Crippen MR) is 79.1 cm³/mol. The molecule has 3 heteroatoms. The molecule has 1 N–H and O–H groups in total. The van der Waals surface area contributed by atoms with Gasteiger partial charge >= 0.3 is 0 Å². The number of ether oxygens (including phenoxy) is 1. The van der Waals surface area contributed by atoms with Gasteiger partial charge in [-0.3, -0.25) is 0 Å². The molecule has 0 saturated heterocycles. The van der Waals surface area contributed by atoms with E-state index >= 15 is 0 Å². The maximum atomic E-state index is 10.2. The van der Waals surface area contributed by atoms with Crippen molar-refractivity contribution in [2.45, 2.75) is 38.9 Å². The van der Waals surface area contributed by atoms with Crippen LogP contribution in [-0.4, -0.2) is 16.8 Å². The third kappa shape index (κ3) is 2.28. The first kappa shape index (κ1) is 13.4. The van der Waals surface area contributed by atoms with E-state index in [0.29, 0.717) is 6.61 Å². The molecule has 1 atom stereocenters. The SMILES string of the molecule is COCc1cccc(-n2c(C)cc3c2CCCC3O)c1. The Morgan fingerprint density at radius 2 is 2.20 bits per heavy atom. The van der Waals surface area contributed by atoms with Crippen LogP contribution in [0, 0.1) is 6.92 Å². The summed E-state index contributed by atoms with van der Waals surface area (Å²) in [5, 5.41) is 10.2. The van der Waals surface area contributed by atoms with Gasteiger partial charge in [-0.25, -0.2) is 0 Å². The average Bonchev–Trinajstić information content (AvgIpc) is 2.77. The number of fused-ring (bicyclic) bond motifs is 1. The van der Waals surface area contributed by atoms with Crippen LogP contribution in [0.3, 0.4) is 0 Å². The number of aromatic nitrogens is 1. The summed E-state index contributed by atoms with van der Waals surface area (Å²) in [4.78, 5) is 0. The minimum atomic E-state index is -0.305. The number of methoxy groups -OCH3 is 1. The van der Waals surface area contributed by atoms with Gasteiger partial charge in [-0.2, -0.15) is 0 Å². The van der Waals surface area contributed by atoms with Crippen molar-refractivity contribution in [1.29, 1.82) is 0 Å². The lowest BCUT2D eigenvalue weighted by Crippen LogP contribution is -2.11. The Balaban J connectivity index is 2.08. The summed E-state index contributed by atoms with van der Waals surface area (Å²) in [6, 6.07) is 10.6. The first-order chi connectivity index (χ1) is 9.70. The van der Waals surface area contributed by atoms with E-state index in [4.69, 9.17) is 4.74 Å². The maximum Gasteiger partial charge on any atom is 0.0807 e. The van der Waals surface area contributed by atoms with Crippen molar-refractivity contribution in [3.63, 3.8) is 0 Å². The highest BCUT2D eigenvalue weighted by molar-refractivity contribution is 5.44. The minimum absolute atomic E-state index is 0.305. The van der Waals surface area contributed by atoms with Crippen molar-refractivity contribution in [2.24, 2.45) is 0 Å². The zero-order chi connectivity index (χ0) is 14.1. The summed E-state index contributed by atoms with van der Waals surface area (Å²) in [6.07, 6.45) is 2.66. The average molecular weight is 271 g/mol. The summed E-state index contributed by atoms with van der Waals surface area (Å²) in [5.41, 5.74) is 5.88. The fourth-order valence-electron chi connectivity index (χ4n) is 3.19. The molecule has 1 heterocycles. The van der Waals surface area contributed by atoms with E-state index in [-0.39, 0.29) is 6.10 Å². The molecular weight excluding hydrogens is 250 g/mol. The normalized spacial score (nSPS) is 18.1. The molecule has 0 spiro atoms. The van der Waals surface area contributed by atoms with E-state index in [1.807, 2.05) is 0 Å². The summed E-state index contributed by atoms with van der Waals surface area (Å²) in [6.45, 7) is 2.73. The van der Waals surface area contributed by atoms with Crippen LogP contribution in [0.2, 0.25) is 0 Å². The molecule has 106 valence electrons. The van der Waals surface area contributed by atoms with Crippen molar-refractivity contribution < 1.29 is 9.84 Å². The van der Waals surface area contributed by atoms with Crippen molar-refractivity contribution in [1.82, 2.24) is 4.57 Å². The Bertz CT molecular complexity index is 615. The molecule has 2 aromatic rings. The lowest BCUT2D eigenvalue weighted by Gasteiger charge is -2.20. The molecule has 20 heavy (non-hydrogen) atoms. The number of aryl methyl sites for hydroxylation is 1. The van der Waals surface area contributed by atoms with Crippen LogP contribution >= 0.6 is 0 Å². The number of benzene rings is 1. The Morgan fingerprint density at radius 3 is 3.00 bits per heavy atom. The van der Waals surface area contributed by atoms with Gasteiger partial charge in [0.25, 0.3) is 0 Å². The number of hydrogen-bond acceptors (Lipinski definition) is 2. The zero-order valence-corrected chi connectivity index (χ0v) is 12.1. The van der Waals surface area contributed by atoms with E-state index in [1.165, 1.54) is 17.0 Å². The summed E-state index contributed by atoms with van der Waals surface area (Å²) in [7, 11) is 1.71. The molecule has 0 radical (unpaired) electrons. The van der Waals surface area contributed by atoms with Crippen LogP contribution in [-0.2, 0) is 17.8 Å². The number of rotatable bonds is 3. The number of aliphatic hydroxyl groups is 1. The van der Waals surface area contributed by atoms with Crippen LogP contribution in [0.15, 0.2) is 30.3 Å². The molecule has 1 aromatic carbocycles. The lowest BCUT2D eigenvalue weighted by molar-refractivity contribution is 0.156. The molecule has 1 aliphatic carbocycles. The van der Waals surface area contributed by atoms with Crippen LogP contribution in [0.1, 0.15) is 41.5 Å². The first-order valence-electron chi connectivity index (χ1n) is 7.18. The van der Waals surface area contributed by atoms with Gasteiger partial charge in [0, 0.05) is 29.7 Å². The van der Waals surface area contributed by atoms with Crippen molar-refractivity contribution in [3.05, 3.63) is 52.8 Å². The Hall–Kier alpha value is -1.58. The number of nitrogens with zero attached hydrogens (tertiary/aromatic N) is 1. The van der Waals surface area contributed by atoms with Crippen molar-refractivity contribution in [2.75, 3.05) is 7.11 Å². The highest BCUT2D eigenvalue weighted by Gasteiger charge is 2.23. The molecule has 0 saturated carbocycles. The summed E-state index contributed by atoms with van der Waals surface area (Å²) >= 11 is 0. The smallest absolute Gasteiger partial charge is 0.0807 e. The molecule has 1 aromatic heterocycles. The van der Waals surface area contributed by atoms with Crippen LogP contribution in [0.5, 0.6) is 0 Å². The monoisotopic (exact) mass is 271 g/mol. The molecule has 0 aliphatic heterocycles. The van der Waals surface area contributed by atoms with Gasteiger partial charge in [0.1, 0.15) is 0 Å². The van der Waals surface area contributed by atoms with Gasteiger partial charge in [0.05, 0.1) is 12.7 Å². The van der Waals surface area contributed by atoms with Gasteiger partial charge in [-0.15, -0.1) is 0 Å². The van der Waals surface area contributed by atoms with Gasteiger partial charge in [0.15, 0.2) is 0 Å². The standard InChI is InChI=1S/C17H21NO2/c1-12-9-15-16(7-4-8-17(15)19)18(12)14-6-3-5-13(10-14)11-20-2/h3,5-6,9-10,17,19H,4,7-8,11H2,1-2H3. The minimum Gasteiger partial charge on any atom is -0.388 e. The molecule has 3 nitrogen and oxygen atoms in total. The third-order valence-corrected chi connectivity index (χ3v) is 4.05. The predicted octanol–water partition coefficient (Wildman–Crippen LogP) is 3.30. The largest absolute Gasteiger partial charge is 0.388 e. The second kappa shape index (κ2) is 5.43. The summed E-state index contributed by atoms with van der Waals surface area (Å²) < 4.78 is 7.49. The zero-order valence-electron chi connectivity index (χ0n) is 12.1. The van der Waals surface area contributed by atoms with Crippen molar-refractivity contribution >= 4 is 0 Å². The van der Waals surface area contributed by atoms with Gasteiger partial charge in [-0.1, -0.05) is 12.1 Å². The fourth-order valence-corrected chi connectivity index (χ4v) is 3.19. The Kier molecular flexibility index (Phi) is 3.64. The Morgan fingerprint density at radius 1 is 1.35 bits per heavy atom. The van der Waals surface area contributed by atoms with Crippen LogP contribution in [0.25, 0.3) is 5.69 Å². The molecule has 0 bridgehead atoms. The first-order valence-corrected chi connectivity index (χ1v) is 7.18. The van der Waals surface area contributed by atoms with E-state index in [9.17, 15) is 5.11 Å². The molecule has 3 rings (SSSR count). The Labute approximate surface area is 119 Å². The highest BCUT2D eigenvalue weighted by atomic mass is 16.5. The van der Waals surface area contributed by atoms with E-state index < -0.39 is 0 Å². The second-order valence-electron chi connectivity index (χ2n) is 5.53. The molecule has 1 unspecified atom stereocenters. The fraction of sp³-hybridized carbons (Fsp3) is 0.412. The number of aliphatic hydroxyl groups excluding tert-OH is 1. The van der Waals surface area contributed by atoms with E-state index in [1.54, 1.807) is 7.11 Å². The lowest BCUT2D eigenvalue weighted by atomic mass is 9.95.